The van der Waals surface area contributed by atoms with Crippen molar-refractivity contribution in [1.29, 1.82) is 0 Å². The highest BCUT2D eigenvalue weighted by molar-refractivity contribution is 5.80. The Hall–Kier alpha value is -3.68. The maximum atomic E-state index is 13.5. The lowest BCUT2D eigenvalue weighted by Gasteiger charge is -2.41. The zero-order valence-electron chi connectivity index (χ0n) is 50.7. The summed E-state index contributed by atoms with van der Waals surface area (Å²) in [7, 11) is 0. The van der Waals surface area contributed by atoms with E-state index >= 15 is 0 Å². The van der Waals surface area contributed by atoms with Gasteiger partial charge in [0.1, 0.15) is 24.4 Å². The van der Waals surface area contributed by atoms with E-state index in [2.05, 4.69) is 62.5 Å². The molecule has 1 aliphatic rings. The van der Waals surface area contributed by atoms with Crippen LogP contribution in [0.4, 0.5) is 0 Å². The van der Waals surface area contributed by atoms with Gasteiger partial charge in [0.2, 0.25) is 5.91 Å². The van der Waals surface area contributed by atoms with Crippen molar-refractivity contribution in [2.75, 3.05) is 13.2 Å². The molecule has 1 fully saturated rings. The number of nitrogens with one attached hydrogen (secondary N) is 1. The van der Waals surface area contributed by atoms with E-state index in [1.165, 1.54) is 128 Å². The van der Waals surface area contributed by atoms with E-state index in [4.69, 9.17) is 14.2 Å². The van der Waals surface area contributed by atoms with Crippen LogP contribution in [-0.2, 0) is 23.8 Å². The number of aliphatic hydroxyl groups excluding tert-OH is 5. The van der Waals surface area contributed by atoms with Crippen molar-refractivity contribution in [2.45, 2.75) is 301 Å². The quantitative estimate of drug-likeness (QED) is 0.0149. The Bertz CT molecular complexity index is 1710. The number of aliphatic hydroxyl groups is 5. The highest BCUT2D eigenvalue weighted by Crippen LogP contribution is 2.26. The van der Waals surface area contributed by atoms with E-state index in [0.29, 0.717) is 12.8 Å². The Labute approximate surface area is 488 Å². The summed E-state index contributed by atoms with van der Waals surface area (Å²) in [6, 6.07) is -1.04. The maximum Gasteiger partial charge on any atom is 0.306 e. The lowest BCUT2D eigenvalue weighted by Crippen LogP contribution is -2.61. The van der Waals surface area contributed by atoms with Crippen LogP contribution in [0.3, 0.4) is 0 Å². The number of rotatable bonds is 53. The first-order valence-electron chi connectivity index (χ1n) is 32.2. The average molecular weight is 1120 g/mol. The second kappa shape index (κ2) is 55.8. The molecule has 0 saturated carbocycles. The monoisotopic (exact) mass is 1120 g/mol. The molecule has 0 spiro atoms. The van der Waals surface area contributed by atoms with E-state index in [0.717, 1.165) is 77.0 Å². The highest BCUT2D eigenvalue weighted by atomic mass is 16.7. The van der Waals surface area contributed by atoms with Crippen LogP contribution in [0, 0.1) is 0 Å². The number of allylic oxidation sites excluding steroid dienone is 17. The fraction of sp³-hybridized carbons (Fsp3) is 0.710. The number of ether oxygens (including phenoxy) is 3. The highest BCUT2D eigenvalue weighted by Gasteiger charge is 2.47. The van der Waals surface area contributed by atoms with Gasteiger partial charge in [-0.15, -0.1) is 0 Å². The third kappa shape index (κ3) is 43.1. The summed E-state index contributed by atoms with van der Waals surface area (Å²) in [4.78, 5) is 26.6. The lowest BCUT2D eigenvalue weighted by molar-refractivity contribution is -0.305. The predicted octanol–water partition coefficient (Wildman–Crippen LogP) is 15.7. The van der Waals surface area contributed by atoms with Crippen LogP contribution < -0.4 is 5.32 Å². The molecule has 1 saturated heterocycles. The molecule has 11 heteroatoms. The van der Waals surface area contributed by atoms with Crippen molar-refractivity contribution < 1.29 is 49.3 Å². The van der Waals surface area contributed by atoms with Gasteiger partial charge in [-0.25, -0.2) is 0 Å². The average Bonchev–Trinajstić information content (AvgIpc) is 3.45. The second-order valence-electron chi connectivity index (χ2n) is 21.9. The van der Waals surface area contributed by atoms with Gasteiger partial charge in [-0.3, -0.25) is 9.59 Å². The molecule has 1 aliphatic heterocycles. The molecule has 0 aliphatic carbocycles. The SMILES string of the molecule is CC\C=C/C=C/C=C/C=C\C=C\C=C\CCCCCC(=O)OC1C(OCC(NC(=O)C(O)CCCCCCCCCCCCCC/C=C\C/C=C\CCCCC)C(O)/C=C/CCCCCCCCCCCC)OC(CO)C(O)C1O. The zero-order valence-corrected chi connectivity index (χ0v) is 50.7. The van der Waals surface area contributed by atoms with Crippen LogP contribution in [0.5, 0.6) is 0 Å². The Kier molecular flexibility index (Phi) is 51.9. The van der Waals surface area contributed by atoms with Gasteiger partial charge in [-0.1, -0.05) is 278 Å². The molecule has 8 unspecified atom stereocenters. The predicted molar refractivity (Wildman–Crippen MR) is 333 cm³/mol. The molecule has 458 valence electrons. The summed E-state index contributed by atoms with van der Waals surface area (Å²) in [5, 5.41) is 57.0. The van der Waals surface area contributed by atoms with Gasteiger partial charge in [0.05, 0.1) is 25.4 Å². The Balaban J connectivity index is 2.67. The molecule has 0 aromatic heterocycles. The first kappa shape index (κ1) is 74.3. The number of unbranched alkanes of at least 4 members (excludes halogenated alkanes) is 28. The zero-order chi connectivity index (χ0) is 58.2. The summed E-state index contributed by atoms with van der Waals surface area (Å²) in [5.41, 5.74) is 0. The van der Waals surface area contributed by atoms with Crippen LogP contribution in [-0.4, -0.2) is 99.6 Å². The van der Waals surface area contributed by atoms with Gasteiger partial charge < -0.3 is 45.1 Å². The third-order valence-electron chi connectivity index (χ3n) is 14.6. The number of carbonyl (C=O) groups is 2. The summed E-state index contributed by atoms with van der Waals surface area (Å²) in [6.45, 7) is 5.59. The molecular weight excluding hydrogens is 1000 g/mol. The van der Waals surface area contributed by atoms with Gasteiger partial charge in [-0.2, -0.15) is 0 Å². The summed E-state index contributed by atoms with van der Waals surface area (Å²) in [5.74, 6) is -1.25. The molecule has 8 atom stereocenters. The van der Waals surface area contributed by atoms with Crippen molar-refractivity contribution in [3.05, 3.63) is 109 Å². The summed E-state index contributed by atoms with van der Waals surface area (Å²) < 4.78 is 17.6. The number of esters is 1. The molecule has 80 heavy (non-hydrogen) atoms. The molecule has 1 heterocycles. The molecular formula is C69H117NO10. The molecule has 1 rings (SSSR count). The summed E-state index contributed by atoms with van der Waals surface area (Å²) >= 11 is 0. The number of hydrogen-bond acceptors (Lipinski definition) is 10. The normalized spacial score (nSPS) is 19.5. The molecule has 0 aromatic carbocycles. The third-order valence-corrected chi connectivity index (χ3v) is 14.6. The summed E-state index contributed by atoms with van der Waals surface area (Å²) in [6.07, 6.45) is 65.5. The molecule has 1 amide bonds. The van der Waals surface area contributed by atoms with E-state index < -0.39 is 67.4 Å². The fourth-order valence-electron chi connectivity index (χ4n) is 9.48. The van der Waals surface area contributed by atoms with Gasteiger partial charge in [0.15, 0.2) is 12.4 Å². The van der Waals surface area contributed by atoms with E-state index in [9.17, 15) is 35.1 Å². The van der Waals surface area contributed by atoms with Crippen molar-refractivity contribution in [1.82, 2.24) is 5.32 Å². The van der Waals surface area contributed by atoms with Crippen molar-refractivity contribution in [3.8, 4) is 0 Å². The van der Waals surface area contributed by atoms with Crippen LogP contribution in [0.25, 0.3) is 0 Å². The first-order chi connectivity index (χ1) is 39.2. The Morgan fingerprint density at radius 2 is 0.950 bits per heavy atom. The minimum atomic E-state index is -1.64. The topological polar surface area (TPSA) is 175 Å². The molecule has 0 aromatic rings. The molecule has 11 nitrogen and oxygen atoms in total. The van der Waals surface area contributed by atoms with Crippen LogP contribution in [0.2, 0.25) is 0 Å². The van der Waals surface area contributed by atoms with Crippen molar-refractivity contribution in [2.24, 2.45) is 0 Å². The van der Waals surface area contributed by atoms with Crippen LogP contribution >= 0.6 is 0 Å². The van der Waals surface area contributed by atoms with Gasteiger partial charge in [-0.05, 0) is 77.0 Å². The van der Waals surface area contributed by atoms with Crippen LogP contribution in [0.15, 0.2) is 109 Å². The lowest BCUT2D eigenvalue weighted by atomic mass is 9.99. The first-order valence-corrected chi connectivity index (χ1v) is 32.2. The smallest absolute Gasteiger partial charge is 0.306 e. The minimum Gasteiger partial charge on any atom is -0.454 e. The van der Waals surface area contributed by atoms with E-state index in [1.807, 2.05) is 66.8 Å². The van der Waals surface area contributed by atoms with Gasteiger partial charge >= 0.3 is 5.97 Å². The number of carbonyl (C=O) groups excluding carboxylic acids is 2. The Morgan fingerprint density at radius 3 is 1.48 bits per heavy atom. The fourth-order valence-corrected chi connectivity index (χ4v) is 9.48. The maximum absolute atomic E-state index is 13.5. The van der Waals surface area contributed by atoms with Crippen LogP contribution in [0.1, 0.15) is 252 Å². The van der Waals surface area contributed by atoms with Crippen molar-refractivity contribution >= 4 is 11.9 Å². The van der Waals surface area contributed by atoms with Gasteiger partial charge in [0, 0.05) is 6.42 Å². The second-order valence-corrected chi connectivity index (χ2v) is 21.9. The van der Waals surface area contributed by atoms with Crippen molar-refractivity contribution in [3.63, 3.8) is 0 Å². The van der Waals surface area contributed by atoms with Gasteiger partial charge in [0.25, 0.3) is 0 Å². The molecule has 6 N–H and O–H groups in total. The molecule has 0 bridgehead atoms. The Morgan fingerprint density at radius 1 is 0.512 bits per heavy atom. The number of hydrogen-bond donors (Lipinski definition) is 6. The van der Waals surface area contributed by atoms with E-state index in [1.54, 1.807) is 6.08 Å². The van der Waals surface area contributed by atoms with E-state index in [-0.39, 0.29) is 19.4 Å². The largest absolute Gasteiger partial charge is 0.454 e. The number of amides is 1. The standard InChI is InChI=1S/C69H117NO10/c1-4-7-10-13-16-19-22-25-27-29-30-31-32-33-35-36-38-41-44-47-50-53-56-62(73)68(77)70-60(61(72)55-52-49-46-43-40-24-21-18-15-12-9-6-3)59-78-69-67(66(76)65(75)63(58-71)79-69)80-64(74)57-54-51-48-45-42-39-37-34-28-26-23-20-17-14-11-8-5-2/h8,11,14,16-17,19-20,23,25-28,34,37,39,42,52,55,60-63,65-67,69,71-73,75-76H,4-7,9-10,12-13,15,18,21-22,24,29-33,35-36,38,40-41,43-51,53-54,56-59H2,1-3H3,(H,70,77)/b11-8-,17-14+,19-16-,23-20+,27-25-,28-26-,37-34+,42-39+,55-52+. The minimum absolute atomic E-state index is 0.0671. The molecule has 0 radical (unpaired) electrons.